The summed E-state index contributed by atoms with van der Waals surface area (Å²) in [4.78, 5) is 0. The lowest BCUT2D eigenvalue weighted by molar-refractivity contribution is 0.191. The van der Waals surface area contributed by atoms with E-state index < -0.39 is 0 Å². The van der Waals surface area contributed by atoms with Crippen molar-refractivity contribution in [2.45, 2.75) is 32.5 Å². The minimum atomic E-state index is 0.0883. The third kappa shape index (κ3) is 1.68. The Morgan fingerprint density at radius 3 is 3.15 bits per heavy atom. The highest BCUT2D eigenvalue weighted by Gasteiger charge is 2.15. The zero-order valence-electron chi connectivity index (χ0n) is 7.79. The second kappa shape index (κ2) is 3.38. The van der Waals surface area contributed by atoms with Gasteiger partial charge in [-0.05, 0) is 37.0 Å². The van der Waals surface area contributed by atoms with Crippen molar-refractivity contribution < 1.29 is 9.84 Å². The van der Waals surface area contributed by atoms with Crippen molar-refractivity contribution in [2.24, 2.45) is 0 Å². The van der Waals surface area contributed by atoms with E-state index in [0.29, 0.717) is 6.10 Å². The Hall–Kier alpha value is -1.02. The molecule has 0 bridgehead atoms. The molecule has 1 aromatic carbocycles. The van der Waals surface area contributed by atoms with Crippen LogP contribution in [0.2, 0.25) is 0 Å². The number of hydrogen-bond acceptors (Lipinski definition) is 2. The minimum Gasteiger partial charge on any atom is -0.490 e. The maximum atomic E-state index is 8.95. The summed E-state index contributed by atoms with van der Waals surface area (Å²) in [6, 6.07) is 5.94. The molecule has 70 valence electrons. The molecule has 0 amide bonds. The Kier molecular flexibility index (Phi) is 2.23. The normalized spacial score (nSPS) is 20.6. The van der Waals surface area contributed by atoms with Gasteiger partial charge in [-0.2, -0.15) is 0 Å². The number of aliphatic hydroxyl groups excluding tert-OH is 1. The summed E-state index contributed by atoms with van der Waals surface area (Å²) in [7, 11) is 0. The van der Waals surface area contributed by atoms with Crippen LogP contribution in [0.1, 0.15) is 24.5 Å². The van der Waals surface area contributed by atoms with E-state index in [1.165, 1.54) is 5.56 Å². The highest BCUT2D eigenvalue weighted by molar-refractivity contribution is 5.38. The summed E-state index contributed by atoms with van der Waals surface area (Å²) in [5.74, 6) is 0.949. The fraction of sp³-hybridized carbons (Fsp3) is 0.455. The van der Waals surface area contributed by atoms with Crippen molar-refractivity contribution in [1.29, 1.82) is 0 Å². The van der Waals surface area contributed by atoms with Crippen molar-refractivity contribution in [3.63, 3.8) is 0 Å². The van der Waals surface area contributed by atoms with Gasteiger partial charge in [-0.15, -0.1) is 0 Å². The number of ether oxygens (including phenoxy) is 1. The molecule has 2 nitrogen and oxygen atoms in total. The fourth-order valence-corrected chi connectivity index (χ4v) is 1.65. The number of aryl methyl sites for hydroxylation is 1. The highest BCUT2D eigenvalue weighted by atomic mass is 16.5. The smallest absolute Gasteiger partial charge is 0.123 e. The number of benzene rings is 1. The molecule has 0 saturated carbocycles. The van der Waals surface area contributed by atoms with Gasteiger partial charge in [-0.25, -0.2) is 0 Å². The topological polar surface area (TPSA) is 29.5 Å². The SMILES string of the molecule is CC1CCc2ccc(CO)cc2O1. The maximum absolute atomic E-state index is 8.95. The van der Waals surface area contributed by atoms with Gasteiger partial charge in [-0.1, -0.05) is 12.1 Å². The van der Waals surface area contributed by atoms with Crippen molar-refractivity contribution in [2.75, 3.05) is 0 Å². The van der Waals surface area contributed by atoms with Gasteiger partial charge in [0.1, 0.15) is 5.75 Å². The van der Waals surface area contributed by atoms with E-state index >= 15 is 0 Å². The van der Waals surface area contributed by atoms with Crippen molar-refractivity contribution in [3.8, 4) is 5.75 Å². The predicted octanol–water partition coefficient (Wildman–Crippen LogP) is 1.89. The molecular weight excluding hydrogens is 164 g/mol. The Labute approximate surface area is 78.2 Å². The predicted molar refractivity (Wildman–Crippen MR) is 50.8 cm³/mol. The Morgan fingerprint density at radius 2 is 2.38 bits per heavy atom. The van der Waals surface area contributed by atoms with Gasteiger partial charge >= 0.3 is 0 Å². The van der Waals surface area contributed by atoms with E-state index in [0.717, 1.165) is 24.2 Å². The summed E-state index contributed by atoms with van der Waals surface area (Å²) in [5, 5.41) is 8.95. The van der Waals surface area contributed by atoms with Crippen molar-refractivity contribution in [3.05, 3.63) is 29.3 Å². The second-order valence-corrected chi connectivity index (χ2v) is 3.57. The van der Waals surface area contributed by atoms with Gasteiger partial charge in [0.05, 0.1) is 12.7 Å². The standard InChI is InChI=1S/C11H14O2/c1-8-2-4-10-5-3-9(7-12)6-11(10)13-8/h3,5-6,8,12H,2,4,7H2,1H3. The molecule has 0 radical (unpaired) electrons. The molecule has 0 saturated heterocycles. The molecule has 13 heavy (non-hydrogen) atoms. The van der Waals surface area contributed by atoms with Crippen LogP contribution >= 0.6 is 0 Å². The average molecular weight is 178 g/mol. The largest absolute Gasteiger partial charge is 0.490 e. The van der Waals surface area contributed by atoms with Gasteiger partial charge in [0, 0.05) is 0 Å². The van der Waals surface area contributed by atoms with Crippen LogP contribution in [-0.2, 0) is 13.0 Å². The molecule has 1 aliphatic heterocycles. The van der Waals surface area contributed by atoms with Crippen molar-refractivity contribution >= 4 is 0 Å². The first-order valence-corrected chi connectivity index (χ1v) is 4.69. The van der Waals surface area contributed by atoms with Crippen LogP contribution in [0.5, 0.6) is 5.75 Å². The van der Waals surface area contributed by atoms with Gasteiger partial charge in [0.25, 0.3) is 0 Å². The molecule has 1 aliphatic rings. The minimum absolute atomic E-state index is 0.0883. The molecule has 1 N–H and O–H groups in total. The zero-order valence-corrected chi connectivity index (χ0v) is 7.79. The van der Waals surface area contributed by atoms with E-state index in [1.54, 1.807) is 0 Å². The third-order valence-electron chi connectivity index (χ3n) is 2.46. The number of fused-ring (bicyclic) bond motifs is 1. The second-order valence-electron chi connectivity index (χ2n) is 3.57. The van der Waals surface area contributed by atoms with Crippen LogP contribution in [0.3, 0.4) is 0 Å². The molecule has 0 fully saturated rings. The van der Waals surface area contributed by atoms with E-state index in [4.69, 9.17) is 9.84 Å². The van der Waals surface area contributed by atoms with Crippen LogP contribution in [0.15, 0.2) is 18.2 Å². The monoisotopic (exact) mass is 178 g/mol. The third-order valence-corrected chi connectivity index (χ3v) is 2.46. The molecule has 1 aromatic rings. The molecule has 1 atom stereocenters. The van der Waals surface area contributed by atoms with Gasteiger partial charge in [-0.3, -0.25) is 0 Å². The summed E-state index contributed by atoms with van der Waals surface area (Å²) in [6.45, 7) is 2.17. The van der Waals surface area contributed by atoms with Crippen LogP contribution in [0, 0.1) is 0 Å². The van der Waals surface area contributed by atoms with Gasteiger partial charge in [0.15, 0.2) is 0 Å². The zero-order chi connectivity index (χ0) is 9.26. The molecule has 0 aliphatic carbocycles. The lowest BCUT2D eigenvalue weighted by Crippen LogP contribution is -2.18. The molecule has 2 heteroatoms. The summed E-state index contributed by atoms with van der Waals surface area (Å²) in [6.07, 6.45) is 2.48. The van der Waals surface area contributed by atoms with Gasteiger partial charge < -0.3 is 9.84 Å². The average Bonchev–Trinajstić information content (AvgIpc) is 2.16. The van der Waals surface area contributed by atoms with Crippen LogP contribution < -0.4 is 4.74 Å². The van der Waals surface area contributed by atoms with Crippen molar-refractivity contribution in [1.82, 2.24) is 0 Å². The number of rotatable bonds is 1. The maximum Gasteiger partial charge on any atom is 0.123 e. The fourth-order valence-electron chi connectivity index (χ4n) is 1.65. The van der Waals surface area contributed by atoms with E-state index in [2.05, 4.69) is 6.92 Å². The number of hydrogen-bond donors (Lipinski definition) is 1. The quantitative estimate of drug-likeness (QED) is 0.711. The molecule has 2 rings (SSSR count). The van der Waals surface area contributed by atoms with E-state index in [1.807, 2.05) is 18.2 Å². The van der Waals surface area contributed by atoms with E-state index in [9.17, 15) is 0 Å². The Balaban J connectivity index is 2.32. The first-order chi connectivity index (χ1) is 6.29. The first-order valence-electron chi connectivity index (χ1n) is 4.69. The van der Waals surface area contributed by atoms with E-state index in [-0.39, 0.29) is 6.61 Å². The van der Waals surface area contributed by atoms with Crippen LogP contribution in [0.4, 0.5) is 0 Å². The Bertz CT molecular complexity index is 307. The highest BCUT2D eigenvalue weighted by Crippen LogP contribution is 2.28. The molecule has 1 heterocycles. The molecule has 1 unspecified atom stereocenters. The Morgan fingerprint density at radius 1 is 1.54 bits per heavy atom. The lowest BCUT2D eigenvalue weighted by atomic mass is 10.0. The number of aliphatic hydroxyl groups is 1. The van der Waals surface area contributed by atoms with Crippen LogP contribution in [0.25, 0.3) is 0 Å². The lowest BCUT2D eigenvalue weighted by Gasteiger charge is -2.23. The summed E-state index contributed by atoms with van der Waals surface area (Å²) >= 11 is 0. The summed E-state index contributed by atoms with van der Waals surface area (Å²) in [5.41, 5.74) is 2.18. The first kappa shape index (κ1) is 8.57. The molecule has 0 aromatic heterocycles. The van der Waals surface area contributed by atoms with Crippen LogP contribution in [-0.4, -0.2) is 11.2 Å². The summed E-state index contributed by atoms with van der Waals surface area (Å²) < 4.78 is 5.66. The molecular formula is C11H14O2. The molecule has 0 spiro atoms. The van der Waals surface area contributed by atoms with Gasteiger partial charge in [0.2, 0.25) is 0 Å².